The molecule has 0 aliphatic carbocycles. The summed E-state index contributed by atoms with van der Waals surface area (Å²) in [7, 11) is 1.40. The summed E-state index contributed by atoms with van der Waals surface area (Å²) < 4.78 is 18.7. The van der Waals surface area contributed by atoms with Gasteiger partial charge >= 0.3 is 0 Å². The monoisotopic (exact) mass is 268 g/mol. The van der Waals surface area contributed by atoms with Gasteiger partial charge in [-0.3, -0.25) is 4.98 Å². The van der Waals surface area contributed by atoms with Crippen molar-refractivity contribution in [3.63, 3.8) is 0 Å². The molecule has 1 aromatic carbocycles. The Labute approximate surface area is 108 Å². The van der Waals surface area contributed by atoms with E-state index >= 15 is 0 Å². The first-order chi connectivity index (χ1) is 8.63. The normalized spacial score (nSPS) is 12.2. The zero-order chi connectivity index (χ0) is 13.1. The van der Waals surface area contributed by atoms with Gasteiger partial charge in [-0.05, 0) is 12.1 Å². The minimum absolute atomic E-state index is 0.0678. The summed E-state index contributed by atoms with van der Waals surface area (Å²) in [5, 5.41) is 10.4. The smallest absolute Gasteiger partial charge is 0.238 e. The van der Waals surface area contributed by atoms with Gasteiger partial charge in [-0.25, -0.2) is 9.37 Å². The van der Waals surface area contributed by atoms with Crippen LogP contribution in [0.4, 0.5) is 4.39 Å². The molecule has 4 nitrogen and oxygen atoms in total. The number of hydrogen-bond acceptors (Lipinski definition) is 4. The minimum Gasteiger partial charge on any atom is -0.480 e. The Kier molecular flexibility index (Phi) is 3.74. The number of hydrogen-bond donors (Lipinski definition) is 1. The van der Waals surface area contributed by atoms with E-state index in [-0.39, 0.29) is 22.2 Å². The Balaban J connectivity index is 2.44. The van der Waals surface area contributed by atoms with Crippen molar-refractivity contribution in [2.24, 2.45) is 0 Å². The minimum atomic E-state index is -1.26. The van der Waals surface area contributed by atoms with Gasteiger partial charge in [0.1, 0.15) is 17.6 Å². The molecule has 1 unspecified atom stereocenters. The molecule has 2 aromatic rings. The van der Waals surface area contributed by atoms with E-state index in [2.05, 4.69) is 9.97 Å². The summed E-state index contributed by atoms with van der Waals surface area (Å²) in [6.07, 6.45) is 1.56. The summed E-state index contributed by atoms with van der Waals surface area (Å²) in [5.41, 5.74) is 0.222. The molecule has 0 radical (unpaired) electrons. The lowest BCUT2D eigenvalue weighted by atomic mass is 10.1. The molecule has 1 heterocycles. The molecule has 0 amide bonds. The highest BCUT2D eigenvalue weighted by Gasteiger charge is 2.21. The van der Waals surface area contributed by atoms with Crippen LogP contribution in [0.1, 0.15) is 17.4 Å². The van der Waals surface area contributed by atoms with E-state index in [1.807, 2.05) is 0 Å². The summed E-state index contributed by atoms with van der Waals surface area (Å²) >= 11 is 5.65. The third-order valence-corrected chi connectivity index (χ3v) is 2.64. The first kappa shape index (κ1) is 12.7. The average Bonchev–Trinajstić information content (AvgIpc) is 2.38. The number of rotatable bonds is 3. The first-order valence-electron chi connectivity index (χ1n) is 5.11. The second-order valence-electron chi connectivity index (χ2n) is 3.52. The third-order valence-electron chi connectivity index (χ3n) is 2.40. The van der Waals surface area contributed by atoms with Crippen LogP contribution in [0.3, 0.4) is 0 Å². The van der Waals surface area contributed by atoms with Gasteiger partial charge < -0.3 is 9.84 Å². The van der Waals surface area contributed by atoms with E-state index < -0.39 is 11.9 Å². The van der Waals surface area contributed by atoms with Crippen LogP contribution in [-0.4, -0.2) is 22.2 Å². The van der Waals surface area contributed by atoms with E-state index in [1.165, 1.54) is 31.6 Å². The number of benzene rings is 1. The number of aromatic nitrogens is 2. The lowest BCUT2D eigenvalue weighted by Crippen LogP contribution is -2.07. The standard InChI is InChI=1S/C12H10ClFN2O2/c1-18-12-10(15-4-5-16-12)11(17)8-3-2-7(13)6-9(8)14/h2-6,11,17H,1H3. The molecule has 2 rings (SSSR count). The summed E-state index contributed by atoms with van der Waals surface area (Å²) in [4.78, 5) is 7.85. The van der Waals surface area contributed by atoms with Gasteiger partial charge in [0.25, 0.3) is 0 Å². The van der Waals surface area contributed by atoms with E-state index in [9.17, 15) is 9.50 Å². The Hall–Kier alpha value is -1.72. The lowest BCUT2D eigenvalue weighted by Gasteiger charge is -2.13. The first-order valence-corrected chi connectivity index (χ1v) is 5.49. The van der Waals surface area contributed by atoms with Gasteiger partial charge in [-0.15, -0.1) is 0 Å². The van der Waals surface area contributed by atoms with Crippen molar-refractivity contribution in [3.05, 3.63) is 52.7 Å². The highest BCUT2D eigenvalue weighted by atomic mass is 35.5. The molecule has 0 fully saturated rings. The maximum atomic E-state index is 13.7. The predicted octanol–water partition coefficient (Wildman–Crippen LogP) is 2.36. The number of ether oxygens (including phenoxy) is 1. The Morgan fingerprint density at radius 1 is 1.33 bits per heavy atom. The molecule has 1 atom stereocenters. The van der Waals surface area contributed by atoms with Crippen molar-refractivity contribution >= 4 is 11.6 Å². The van der Waals surface area contributed by atoms with Gasteiger partial charge in [0, 0.05) is 23.0 Å². The lowest BCUT2D eigenvalue weighted by molar-refractivity contribution is 0.202. The van der Waals surface area contributed by atoms with Gasteiger partial charge in [-0.2, -0.15) is 0 Å². The second kappa shape index (κ2) is 5.29. The molecule has 1 aromatic heterocycles. The van der Waals surface area contributed by atoms with Crippen LogP contribution < -0.4 is 4.74 Å². The molecule has 0 spiro atoms. The SMILES string of the molecule is COc1nccnc1C(O)c1ccc(Cl)cc1F. The highest BCUT2D eigenvalue weighted by Crippen LogP contribution is 2.28. The van der Waals surface area contributed by atoms with Crippen LogP contribution in [0.5, 0.6) is 5.88 Å². The maximum Gasteiger partial charge on any atom is 0.238 e. The fraction of sp³-hybridized carbons (Fsp3) is 0.167. The number of methoxy groups -OCH3 is 1. The molecule has 0 aliphatic heterocycles. The van der Waals surface area contributed by atoms with E-state index in [4.69, 9.17) is 16.3 Å². The fourth-order valence-corrected chi connectivity index (χ4v) is 1.71. The molecule has 18 heavy (non-hydrogen) atoms. The average molecular weight is 269 g/mol. The predicted molar refractivity (Wildman–Crippen MR) is 64.1 cm³/mol. The molecule has 94 valence electrons. The van der Waals surface area contributed by atoms with Crippen LogP contribution in [0.25, 0.3) is 0 Å². The van der Waals surface area contributed by atoms with Crippen molar-refractivity contribution in [1.29, 1.82) is 0 Å². The summed E-state index contributed by atoms with van der Waals surface area (Å²) in [5.74, 6) is -0.456. The molecular weight excluding hydrogens is 259 g/mol. The van der Waals surface area contributed by atoms with Gasteiger partial charge in [0.15, 0.2) is 0 Å². The Morgan fingerprint density at radius 3 is 2.72 bits per heavy atom. The summed E-state index contributed by atoms with van der Waals surface area (Å²) in [6.45, 7) is 0. The number of nitrogens with zero attached hydrogens (tertiary/aromatic N) is 2. The molecular formula is C12H10ClFN2O2. The van der Waals surface area contributed by atoms with Crippen molar-refractivity contribution in [2.45, 2.75) is 6.10 Å². The highest BCUT2D eigenvalue weighted by molar-refractivity contribution is 6.30. The van der Waals surface area contributed by atoms with E-state index in [0.717, 1.165) is 6.07 Å². The van der Waals surface area contributed by atoms with Gasteiger partial charge in [0.05, 0.1) is 7.11 Å². The van der Waals surface area contributed by atoms with Crippen LogP contribution in [0.15, 0.2) is 30.6 Å². The largest absolute Gasteiger partial charge is 0.480 e. The zero-order valence-corrected chi connectivity index (χ0v) is 10.2. The van der Waals surface area contributed by atoms with Crippen molar-refractivity contribution in [2.75, 3.05) is 7.11 Å². The number of halogens is 2. The van der Waals surface area contributed by atoms with Crippen LogP contribution in [0.2, 0.25) is 5.02 Å². The van der Waals surface area contributed by atoms with E-state index in [1.54, 1.807) is 0 Å². The molecule has 0 aliphatic rings. The zero-order valence-electron chi connectivity index (χ0n) is 9.47. The molecule has 6 heteroatoms. The van der Waals surface area contributed by atoms with Gasteiger partial charge in [-0.1, -0.05) is 17.7 Å². The Morgan fingerprint density at radius 2 is 2.06 bits per heavy atom. The van der Waals surface area contributed by atoms with Crippen LogP contribution in [-0.2, 0) is 0 Å². The molecule has 0 bridgehead atoms. The topological polar surface area (TPSA) is 55.2 Å². The Bertz CT molecular complexity index is 566. The van der Waals surface area contributed by atoms with Crippen molar-refractivity contribution in [3.8, 4) is 5.88 Å². The quantitative estimate of drug-likeness (QED) is 0.928. The maximum absolute atomic E-state index is 13.7. The molecule has 0 saturated heterocycles. The number of aliphatic hydroxyl groups excluding tert-OH is 1. The third kappa shape index (κ3) is 2.42. The fourth-order valence-electron chi connectivity index (χ4n) is 1.55. The second-order valence-corrected chi connectivity index (χ2v) is 3.96. The van der Waals surface area contributed by atoms with Gasteiger partial charge in [0.2, 0.25) is 5.88 Å². The molecule has 0 saturated carbocycles. The number of aliphatic hydroxyl groups is 1. The summed E-state index contributed by atoms with van der Waals surface area (Å²) in [6, 6.07) is 4.02. The van der Waals surface area contributed by atoms with Crippen LogP contribution >= 0.6 is 11.6 Å². The van der Waals surface area contributed by atoms with Crippen molar-refractivity contribution < 1.29 is 14.2 Å². The van der Waals surface area contributed by atoms with Crippen LogP contribution in [0, 0.1) is 5.82 Å². The molecule has 1 N–H and O–H groups in total. The van der Waals surface area contributed by atoms with Crippen molar-refractivity contribution in [1.82, 2.24) is 9.97 Å². The van der Waals surface area contributed by atoms with E-state index in [0.29, 0.717) is 0 Å².